The Hall–Kier alpha value is -2.33. The van der Waals surface area contributed by atoms with Crippen LogP contribution in [0.3, 0.4) is 0 Å². The van der Waals surface area contributed by atoms with Gasteiger partial charge in [0.2, 0.25) is 0 Å². The van der Waals surface area contributed by atoms with Gasteiger partial charge in [-0.25, -0.2) is 4.39 Å². The van der Waals surface area contributed by atoms with E-state index >= 15 is 0 Å². The first-order chi connectivity index (χ1) is 10.0. The molecule has 1 aromatic heterocycles. The lowest BCUT2D eigenvalue weighted by Gasteiger charge is -2.06. The molecule has 5 heteroatoms. The number of rotatable bonds is 2. The summed E-state index contributed by atoms with van der Waals surface area (Å²) in [6.45, 7) is 0. The zero-order valence-electron chi connectivity index (χ0n) is 11.2. The van der Waals surface area contributed by atoms with Gasteiger partial charge in [-0.3, -0.25) is 4.79 Å². The summed E-state index contributed by atoms with van der Waals surface area (Å²) in [5, 5.41) is 4.14. The molecule has 0 aliphatic heterocycles. The fourth-order valence-corrected chi connectivity index (χ4v) is 2.47. The summed E-state index contributed by atoms with van der Waals surface area (Å²) >= 11 is 5.89. The Bertz CT molecular complexity index is 841. The van der Waals surface area contributed by atoms with Gasteiger partial charge in [-0.1, -0.05) is 17.7 Å². The SMILES string of the molecule is Cn1c(C(=O)Nc2cccc(Cl)c2)cc2ccc(F)cc21. The first-order valence-electron chi connectivity index (χ1n) is 6.36. The first-order valence-corrected chi connectivity index (χ1v) is 6.74. The van der Waals surface area contributed by atoms with Gasteiger partial charge in [0.05, 0.1) is 5.52 Å². The molecule has 3 aromatic rings. The van der Waals surface area contributed by atoms with E-state index in [1.807, 2.05) is 0 Å². The number of hydrogen-bond donors (Lipinski definition) is 1. The third kappa shape index (κ3) is 2.62. The number of anilines is 1. The lowest BCUT2D eigenvalue weighted by atomic mass is 10.2. The van der Waals surface area contributed by atoms with Crippen molar-refractivity contribution >= 4 is 34.1 Å². The van der Waals surface area contributed by atoms with Gasteiger partial charge in [0.1, 0.15) is 11.5 Å². The Labute approximate surface area is 125 Å². The summed E-state index contributed by atoms with van der Waals surface area (Å²) < 4.78 is 15.0. The summed E-state index contributed by atoms with van der Waals surface area (Å²) in [5.41, 5.74) is 1.74. The van der Waals surface area contributed by atoms with Crippen LogP contribution in [0.1, 0.15) is 10.5 Å². The maximum Gasteiger partial charge on any atom is 0.272 e. The van der Waals surface area contributed by atoms with E-state index in [4.69, 9.17) is 11.6 Å². The Balaban J connectivity index is 1.96. The van der Waals surface area contributed by atoms with Crippen molar-refractivity contribution in [2.45, 2.75) is 0 Å². The maximum atomic E-state index is 13.3. The summed E-state index contributed by atoms with van der Waals surface area (Å²) in [6.07, 6.45) is 0. The second-order valence-corrected chi connectivity index (χ2v) is 5.19. The zero-order chi connectivity index (χ0) is 15.0. The van der Waals surface area contributed by atoms with E-state index < -0.39 is 0 Å². The van der Waals surface area contributed by atoms with Crippen molar-refractivity contribution in [3.63, 3.8) is 0 Å². The monoisotopic (exact) mass is 302 g/mol. The van der Waals surface area contributed by atoms with E-state index in [-0.39, 0.29) is 11.7 Å². The number of carbonyl (C=O) groups excluding carboxylic acids is 1. The molecule has 0 radical (unpaired) electrons. The van der Waals surface area contributed by atoms with Crippen LogP contribution in [0.4, 0.5) is 10.1 Å². The van der Waals surface area contributed by atoms with Crippen LogP contribution < -0.4 is 5.32 Å². The van der Waals surface area contributed by atoms with Crippen LogP contribution >= 0.6 is 11.6 Å². The van der Waals surface area contributed by atoms with Crippen molar-refractivity contribution < 1.29 is 9.18 Å². The second kappa shape index (κ2) is 5.22. The highest BCUT2D eigenvalue weighted by Gasteiger charge is 2.14. The minimum Gasteiger partial charge on any atom is -0.340 e. The molecule has 21 heavy (non-hydrogen) atoms. The van der Waals surface area contributed by atoms with Crippen LogP contribution in [0.5, 0.6) is 0 Å². The molecule has 3 rings (SSSR count). The number of carbonyl (C=O) groups is 1. The van der Waals surface area contributed by atoms with Gasteiger partial charge >= 0.3 is 0 Å². The van der Waals surface area contributed by atoms with Gasteiger partial charge in [0.15, 0.2) is 0 Å². The number of aryl methyl sites for hydroxylation is 1. The fraction of sp³-hybridized carbons (Fsp3) is 0.0625. The summed E-state index contributed by atoms with van der Waals surface area (Å²) in [6, 6.07) is 13.1. The van der Waals surface area contributed by atoms with Crippen molar-refractivity contribution in [3.8, 4) is 0 Å². The normalized spacial score (nSPS) is 10.8. The van der Waals surface area contributed by atoms with Crippen molar-refractivity contribution in [2.75, 3.05) is 5.32 Å². The molecule has 0 spiro atoms. The standard InChI is InChI=1S/C16H12ClFN2O/c1-20-14-9-12(18)6-5-10(14)7-15(20)16(21)19-13-4-2-3-11(17)8-13/h2-9H,1H3,(H,19,21). The molecule has 3 nitrogen and oxygen atoms in total. The molecule has 1 heterocycles. The molecule has 0 saturated heterocycles. The number of nitrogens with zero attached hydrogens (tertiary/aromatic N) is 1. The molecular formula is C16H12ClFN2O. The maximum absolute atomic E-state index is 13.3. The summed E-state index contributed by atoms with van der Waals surface area (Å²) in [4.78, 5) is 12.3. The zero-order valence-corrected chi connectivity index (χ0v) is 12.0. The lowest BCUT2D eigenvalue weighted by Crippen LogP contribution is -2.15. The highest BCUT2D eigenvalue weighted by atomic mass is 35.5. The fourth-order valence-electron chi connectivity index (χ4n) is 2.28. The van der Waals surface area contributed by atoms with Gasteiger partial charge in [-0.2, -0.15) is 0 Å². The largest absolute Gasteiger partial charge is 0.340 e. The number of amides is 1. The van der Waals surface area contributed by atoms with Gasteiger partial charge in [0.25, 0.3) is 5.91 Å². The third-order valence-electron chi connectivity index (χ3n) is 3.32. The molecule has 0 aliphatic rings. The molecule has 0 aliphatic carbocycles. The van der Waals surface area contributed by atoms with E-state index in [2.05, 4.69) is 5.32 Å². The number of halogens is 2. The van der Waals surface area contributed by atoms with Crippen LogP contribution in [-0.4, -0.2) is 10.5 Å². The molecule has 1 N–H and O–H groups in total. The number of aromatic nitrogens is 1. The Kier molecular flexibility index (Phi) is 3.39. The highest BCUT2D eigenvalue weighted by Crippen LogP contribution is 2.21. The molecule has 0 unspecified atom stereocenters. The lowest BCUT2D eigenvalue weighted by molar-refractivity contribution is 0.102. The molecule has 1 amide bonds. The third-order valence-corrected chi connectivity index (χ3v) is 3.56. The van der Waals surface area contributed by atoms with Gasteiger partial charge < -0.3 is 9.88 Å². The topological polar surface area (TPSA) is 34.0 Å². The molecular weight excluding hydrogens is 291 g/mol. The van der Waals surface area contributed by atoms with Crippen LogP contribution in [0, 0.1) is 5.82 Å². The van der Waals surface area contributed by atoms with Gasteiger partial charge in [-0.05, 0) is 42.5 Å². The molecule has 2 aromatic carbocycles. The minimum absolute atomic E-state index is 0.267. The predicted octanol–water partition coefficient (Wildman–Crippen LogP) is 4.22. The highest BCUT2D eigenvalue weighted by molar-refractivity contribution is 6.31. The van der Waals surface area contributed by atoms with Crippen LogP contribution in [0.15, 0.2) is 48.5 Å². The van der Waals surface area contributed by atoms with Gasteiger partial charge in [0, 0.05) is 23.1 Å². The van der Waals surface area contributed by atoms with Crippen molar-refractivity contribution in [2.24, 2.45) is 7.05 Å². The second-order valence-electron chi connectivity index (χ2n) is 4.76. The Morgan fingerprint density at radius 1 is 1.19 bits per heavy atom. The van der Waals surface area contributed by atoms with Crippen molar-refractivity contribution in [1.29, 1.82) is 0 Å². The number of fused-ring (bicyclic) bond motifs is 1. The van der Waals surface area contributed by atoms with E-state index in [0.717, 1.165) is 5.39 Å². The Morgan fingerprint density at radius 2 is 2.00 bits per heavy atom. The van der Waals surface area contributed by atoms with E-state index in [9.17, 15) is 9.18 Å². The average Bonchev–Trinajstić information content (AvgIpc) is 2.76. The number of hydrogen-bond acceptors (Lipinski definition) is 1. The van der Waals surface area contributed by atoms with E-state index in [1.54, 1.807) is 48.0 Å². The van der Waals surface area contributed by atoms with Crippen LogP contribution in [0.25, 0.3) is 10.9 Å². The molecule has 106 valence electrons. The minimum atomic E-state index is -0.328. The van der Waals surface area contributed by atoms with Crippen LogP contribution in [0.2, 0.25) is 5.02 Å². The summed E-state index contributed by atoms with van der Waals surface area (Å²) in [7, 11) is 1.73. The molecule has 0 atom stereocenters. The van der Waals surface area contributed by atoms with E-state index in [0.29, 0.717) is 21.9 Å². The number of nitrogens with one attached hydrogen (secondary N) is 1. The van der Waals surface area contributed by atoms with Crippen molar-refractivity contribution in [3.05, 3.63) is 65.1 Å². The molecule has 0 fully saturated rings. The quantitative estimate of drug-likeness (QED) is 0.755. The average molecular weight is 303 g/mol. The van der Waals surface area contributed by atoms with Gasteiger partial charge in [-0.15, -0.1) is 0 Å². The van der Waals surface area contributed by atoms with E-state index in [1.165, 1.54) is 12.1 Å². The predicted molar refractivity (Wildman–Crippen MR) is 82.3 cm³/mol. The first kappa shape index (κ1) is 13.6. The summed E-state index contributed by atoms with van der Waals surface area (Å²) in [5.74, 6) is -0.595. The molecule has 0 bridgehead atoms. The van der Waals surface area contributed by atoms with Crippen LogP contribution in [-0.2, 0) is 7.05 Å². The number of benzene rings is 2. The molecule has 0 saturated carbocycles. The van der Waals surface area contributed by atoms with Crippen molar-refractivity contribution in [1.82, 2.24) is 4.57 Å². The Morgan fingerprint density at radius 3 is 2.76 bits per heavy atom. The smallest absolute Gasteiger partial charge is 0.272 e.